The lowest BCUT2D eigenvalue weighted by Crippen LogP contribution is -2.26. The van der Waals surface area contributed by atoms with E-state index in [4.69, 9.17) is 4.74 Å². The molecule has 5 nitrogen and oxygen atoms in total. The van der Waals surface area contributed by atoms with E-state index in [2.05, 4.69) is 26.5 Å². The number of nitrogens with zero attached hydrogens (tertiary/aromatic N) is 1. The molecule has 0 aromatic heterocycles. The van der Waals surface area contributed by atoms with Gasteiger partial charge in [-0.1, -0.05) is 34.1 Å². The number of hydrogen-bond acceptors (Lipinski definition) is 5. The SMILES string of the molecule is CCOC(=O)C1CCC/C1=N/NC(=O)CSCc1ccccc1Br. The van der Waals surface area contributed by atoms with Gasteiger partial charge >= 0.3 is 5.97 Å². The molecule has 0 spiro atoms. The van der Waals surface area contributed by atoms with Crippen molar-refractivity contribution in [3.63, 3.8) is 0 Å². The largest absolute Gasteiger partial charge is 0.465 e. The van der Waals surface area contributed by atoms with Crippen LogP contribution in [0.15, 0.2) is 33.8 Å². The second-order valence-electron chi connectivity index (χ2n) is 5.42. The number of nitrogens with one attached hydrogen (secondary N) is 1. The summed E-state index contributed by atoms with van der Waals surface area (Å²) in [5, 5.41) is 4.14. The second-order valence-corrected chi connectivity index (χ2v) is 7.26. The van der Waals surface area contributed by atoms with E-state index in [1.54, 1.807) is 6.92 Å². The molecule has 1 atom stereocenters. The zero-order valence-corrected chi connectivity index (χ0v) is 16.0. The van der Waals surface area contributed by atoms with Gasteiger partial charge in [-0.2, -0.15) is 5.10 Å². The van der Waals surface area contributed by atoms with Crippen LogP contribution in [0.25, 0.3) is 0 Å². The first-order chi connectivity index (χ1) is 11.6. The molecule has 1 aliphatic carbocycles. The van der Waals surface area contributed by atoms with Crippen LogP contribution in [0.3, 0.4) is 0 Å². The maximum Gasteiger partial charge on any atom is 0.314 e. The molecule has 1 unspecified atom stereocenters. The fourth-order valence-electron chi connectivity index (χ4n) is 2.49. The third-order valence-corrected chi connectivity index (χ3v) is 5.43. The first kappa shape index (κ1) is 19.0. The molecule has 0 bridgehead atoms. The summed E-state index contributed by atoms with van der Waals surface area (Å²) in [6.07, 6.45) is 2.37. The van der Waals surface area contributed by atoms with Crippen LogP contribution in [0.4, 0.5) is 0 Å². The third-order valence-electron chi connectivity index (χ3n) is 3.67. The van der Waals surface area contributed by atoms with Gasteiger partial charge in [0.15, 0.2) is 0 Å². The summed E-state index contributed by atoms with van der Waals surface area (Å²) in [7, 11) is 0. The predicted octanol–water partition coefficient (Wildman–Crippen LogP) is 3.52. The van der Waals surface area contributed by atoms with Crippen molar-refractivity contribution in [2.45, 2.75) is 31.9 Å². The number of carbonyl (C=O) groups is 2. The molecule has 1 N–H and O–H groups in total. The van der Waals surface area contributed by atoms with Crippen LogP contribution in [0.1, 0.15) is 31.7 Å². The summed E-state index contributed by atoms with van der Waals surface area (Å²) in [4.78, 5) is 23.7. The van der Waals surface area contributed by atoms with Crippen molar-refractivity contribution in [2.24, 2.45) is 11.0 Å². The highest BCUT2D eigenvalue weighted by Gasteiger charge is 2.30. The van der Waals surface area contributed by atoms with E-state index in [1.165, 1.54) is 11.8 Å². The monoisotopic (exact) mass is 412 g/mol. The fraction of sp³-hybridized carbons (Fsp3) is 0.471. The summed E-state index contributed by atoms with van der Waals surface area (Å²) >= 11 is 5.02. The van der Waals surface area contributed by atoms with Crippen LogP contribution >= 0.6 is 27.7 Å². The number of benzene rings is 1. The highest BCUT2D eigenvalue weighted by molar-refractivity contribution is 9.10. The average Bonchev–Trinajstić information content (AvgIpc) is 3.03. The molecule has 1 aromatic carbocycles. The fourth-order valence-corrected chi connectivity index (χ4v) is 3.93. The summed E-state index contributed by atoms with van der Waals surface area (Å²) in [6.45, 7) is 2.15. The first-order valence-corrected chi connectivity index (χ1v) is 9.89. The minimum Gasteiger partial charge on any atom is -0.465 e. The maximum atomic E-state index is 11.9. The van der Waals surface area contributed by atoms with Gasteiger partial charge < -0.3 is 4.74 Å². The van der Waals surface area contributed by atoms with Crippen molar-refractivity contribution in [1.29, 1.82) is 0 Å². The Labute approximate surface area is 154 Å². The van der Waals surface area contributed by atoms with Gasteiger partial charge in [-0.05, 0) is 37.8 Å². The Kier molecular flexibility index (Phi) is 7.78. The number of esters is 1. The van der Waals surface area contributed by atoms with E-state index < -0.39 is 0 Å². The Bertz CT molecular complexity index is 622. The highest BCUT2D eigenvalue weighted by atomic mass is 79.9. The van der Waals surface area contributed by atoms with Gasteiger partial charge in [0.2, 0.25) is 5.91 Å². The summed E-state index contributed by atoms with van der Waals surface area (Å²) in [5.41, 5.74) is 4.43. The molecule has 1 aromatic rings. The lowest BCUT2D eigenvalue weighted by atomic mass is 10.1. The lowest BCUT2D eigenvalue weighted by Gasteiger charge is -2.10. The number of amides is 1. The van der Waals surface area contributed by atoms with Crippen LogP contribution in [-0.4, -0.2) is 29.9 Å². The normalized spacial score (nSPS) is 18.6. The van der Waals surface area contributed by atoms with Crippen LogP contribution in [0.5, 0.6) is 0 Å². The van der Waals surface area contributed by atoms with Gasteiger partial charge in [0.25, 0.3) is 0 Å². The zero-order chi connectivity index (χ0) is 17.4. The van der Waals surface area contributed by atoms with Crippen molar-refractivity contribution in [3.8, 4) is 0 Å². The number of hydrazone groups is 1. The predicted molar refractivity (Wildman–Crippen MR) is 99.9 cm³/mol. The molecule has 130 valence electrons. The lowest BCUT2D eigenvalue weighted by molar-refractivity contribution is -0.145. The van der Waals surface area contributed by atoms with Crippen LogP contribution in [0.2, 0.25) is 0 Å². The molecule has 1 fully saturated rings. The number of ether oxygens (including phenoxy) is 1. The second kappa shape index (κ2) is 9.84. The maximum absolute atomic E-state index is 11.9. The Morgan fingerprint density at radius 1 is 1.42 bits per heavy atom. The Morgan fingerprint density at radius 3 is 2.96 bits per heavy atom. The molecule has 0 aliphatic heterocycles. The van der Waals surface area contributed by atoms with E-state index in [1.807, 2.05) is 24.3 Å². The van der Waals surface area contributed by atoms with Crippen LogP contribution in [-0.2, 0) is 20.1 Å². The number of halogens is 1. The Hall–Kier alpha value is -1.34. The number of carbonyl (C=O) groups excluding carboxylic acids is 2. The van der Waals surface area contributed by atoms with Crippen molar-refractivity contribution in [3.05, 3.63) is 34.3 Å². The number of rotatable bonds is 7. The smallest absolute Gasteiger partial charge is 0.314 e. The quantitative estimate of drug-likeness (QED) is 0.549. The number of hydrogen-bond donors (Lipinski definition) is 1. The van der Waals surface area contributed by atoms with Crippen LogP contribution in [0, 0.1) is 5.92 Å². The third kappa shape index (κ3) is 5.63. The van der Waals surface area contributed by atoms with Gasteiger partial charge in [0.05, 0.1) is 24.0 Å². The zero-order valence-electron chi connectivity index (χ0n) is 13.6. The van der Waals surface area contributed by atoms with Gasteiger partial charge in [0.1, 0.15) is 0 Å². The summed E-state index contributed by atoms with van der Waals surface area (Å²) < 4.78 is 6.09. The molecule has 0 radical (unpaired) electrons. The molecule has 0 saturated heterocycles. The molecule has 0 heterocycles. The Morgan fingerprint density at radius 2 is 2.21 bits per heavy atom. The van der Waals surface area contributed by atoms with E-state index >= 15 is 0 Å². The molecule has 2 rings (SSSR count). The van der Waals surface area contributed by atoms with Gasteiger partial charge in [-0.3, -0.25) is 9.59 Å². The van der Waals surface area contributed by atoms with E-state index in [0.29, 0.717) is 12.4 Å². The van der Waals surface area contributed by atoms with Crippen molar-refractivity contribution >= 4 is 45.3 Å². The van der Waals surface area contributed by atoms with Gasteiger partial charge in [-0.15, -0.1) is 11.8 Å². The molecule has 1 amide bonds. The standard InChI is InChI=1S/C17H21BrN2O3S/c1-2-23-17(22)13-7-5-9-15(13)19-20-16(21)11-24-10-12-6-3-4-8-14(12)18/h3-4,6,8,13H,2,5,7,9-11H2,1H3,(H,20,21)/b19-15-. The van der Waals surface area contributed by atoms with Crippen molar-refractivity contribution < 1.29 is 14.3 Å². The van der Waals surface area contributed by atoms with E-state index in [9.17, 15) is 9.59 Å². The van der Waals surface area contributed by atoms with Gasteiger partial charge in [-0.25, -0.2) is 5.43 Å². The molecule has 1 aliphatic rings. The van der Waals surface area contributed by atoms with E-state index in [-0.39, 0.29) is 17.8 Å². The highest BCUT2D eigenvalue weighted by Crippen LogP contribution is 2.24. The van der Waals surface area contributed by atoms with Crippen LogP contribution < -0.4 is 5.43 Å². The molecular formula is C17H21BrN2O3S. The molecular weight excluding hydrogens is 392 g/mol. The first-order valence-electron chi connectivity index (χ1n) is 7.95. The van der Waals surface area contributed by atoms with Crippen molar-refractivity contribution in [1.82, 2.24) is 5.43 Å². The molecule has 1 saturated carbocycles. The summed E-state index contributed by atoms with van der Waals surface area (Å²) in [6, 6.07) is 7.94. The van der Waals surface area contributed by atoms with E-state index in [0.717, 1.165) is 40.8 Å². The topological polar surface area (TPSA) is 67.8 Å². The minimum atomic E-state index is -0.307. The van der Waals surface area contributed by atoms with Crippen molar-refractivity contribution in [2.75, 3.05) is 12.4 Å². The minimum absolute atomic E-state index is 0.158. The molecule has 7 heteroatoms. The van der Waals surface area contributed by atoms with Gasteiger partial charge in [0, 0.05) is 10.2 Å². The summed E-state index contributed by atoms with van der Waals surface area (Å²) in [5.74, 6) is 0.359. The average molecular weight is 413 g/mol. The Balaban J connectivity index is 1.78. The molecule has 24 heavy (non-hydrogen) atoms. The number of thioether (sulfide) groups is 1.